The minimum absolute atomic E-state index is 0.0744. The minimum Gasteiger partial charge on any atom is -0.451 e. The van der Waals surface area contributed by atoms with E-state index in [1.807, 2.05) is 33.2 Å². The van der Waals surface area contributed by atoms with Gasteiger partial charge in [0.25, 0.3) is 5.91 Å². The fourth-order valence-corrected chi connectivity index (χ4v) is 6.02. The zero-order chi connectivity index (χ0) is 33.1. The molecule has 14 heteroatoms. The smallest absolute Gasteiger partial charge is 0.435 e. The van der Waals surface area contributed by atoms with Crippen LogP contribution in [0.25, 0.3) is 10.9 Å². The van der Waals surface area contributed by atoms with Crippen LogP contribution in [0.1, 0.15) is 29.8 Å². The lowest BCUT2D eigenvalue weighted by Gasteiger charge is -2.22. The molecule has 0 aliphatic heterocycles. The van der Waals surface area contributed by atoms with Crippen LogP contribution in [-0.2, 0) is 25.7 Å². The van der Waals surface area contributed by atoms with Gasteiger partial charge in [0, 0.05) is 36.3 Å². The van der Waals surface area contributed by atoms with Crippen LogP contribution >= 0.6 is 0 Å². The summed E-state index contributed by atoms with van der Waals surface area (Å²) in [6.45, 7) is 4.36. The second kappa shape index (κ2) is 13.7. The van der Waals surface area contributed by atoms with E-state index in [2.05, 4.69) is 27.6 Å². The number of anilines is 2. The van der Waals surface area contributed by atoms with E-state index in [9.17, 15) is 26.8 Å². The van der Waals surface area contributed by atoms with Gasteiger partial charge in [-0.05, 0) is 82.4 Å². The Morgan fingerprint density at radius 1 is 0.978 bits per heavy atom. The molecule has 0 bridgehead atoms. The zero-order valence-electron chi connectivity index (χ0n) is 25.7. The molecule has 4 aromatic rings. The molecule has 1 unspecified atom stereocenters. The Balaban J connectivity index is 1.78. The minimum atomic E-state index is -4.41. The second-order valence-corrected chi connectivity index (χ2v) is 12.8. The summed E-state index contributed by atoms with van der Waals surface area (Å²) in [5.74, 6) is -2.85. The number of benzene rings is 3. The van der Waals surface area contributed by atoms with Crippen molar-refractivity contribution in [2.75, 3.05) is 45.6 Å². The van der Waals surface area contributed by atoms with Crippen LogP contribution in [0.15, 0.2) is 64.4 Å². The Morgan fingerprint density at radius 2 is 1.67 bits per heavy atom. The number of aromatic nitrogens is 2. The molecule has 0 saturated heterocycles. The van der Waals surface area contributed by atoms with Gasteiger partial charge in [0.05, 0.1) is 34.6 Å². The Kier molecular flexibility index (Phi) is 10.2. The third-order valence-electron chi connectivity index (χ3n) is 7.25. The average molecular weight is 644 g/mol. The fourth-order valence-electron chi connectivity index (χ4n) is 4.69. The molecular formula is C31H35F2N5O6S. The summed E-state index contributed by atoms with van der Waals surface area (Å²) in [5.41, 5.74) is 1.91. The van der Waals surface area contributed by atoms with Crippen molar-refractivity contribution in [2.45, 2.75) is 42.1 Å². The zero-order valence-corrected chi connectivity index (χ0v) is 26.5. The molecule has 0 aliphatic rings. The van der Waals surface area contributed by atoms with Crippen LogP contribution < -0.4 is 10.6 Å². The molecule has 11 nitrogen and oxygen atoms in total. The summed E-state index contributed by atoms with van der Waals surface area (Å²) in [6, 6.07) is 11.1. The first-order valence-corrected chi connectivity index (χ1v) is 15.4. The van der Waals surface area contributed by atoms with E-state index in [1.54, 1.807) is 13.2 Å². The summed E-state index contributed by atoms with van der Waals surface area (Å²) in [6.07, 6.45) is -0.165. The Morgan fingerprint density at radius 3 is 2.29 bits per heavy atom. The first kappa shape index (κ1) is 33.5. The Hall–Kier alpha value is -4.40. The van der Waals surface area contributed by atoms with Gasteiger partial charge in [0.1, 0.15) is 11.6 Å². The summed E-state index contributed by atoms with van der Waals surface area (Å²) in [4.78, 5) is 27.4. The largest absolute Gasteiger partial charge is 0.451 e. The maximum Gasteiger partial charge on any atom is 0.435 e. The average Bonchev–Trinajstić information content (AvgIpc) is 3.33. The number of likely N-dealkylation sites (N-methyl/N-ethyl adjacent to an activating group) is 1. The van der Waals surface area contributed by atoms with Gasteiger partial charge >= 0.3 is 6.09 Å². The van der Waals surface area contributed by atoms with Crippen LogP contribution in [0.5, 0.6) is 0 Å². The first-order valence-electron chi connectivity index (χ1n) is 13.9. The van der Waals surface area contributed by atoms with E-state index in [0.717, 1.165) is 23.8 Å². The van der Waals surface area contributed by atoms with E-state index < -0.39 is 38.4 Å². The van der Waals surface area contributed by atoms with Crippen molar-refractivity contribution in [3.05, 3.63) is 77.4 Å². The van der Waals surface area contributed by atoms with Crippen LogP contribution in [0, 0.1) is 11.6 Å². The predicted octanol–water partition coefficient (Wildman–Crippen LogP) is 4.95. The molecule has 0 spiro atoms. The number of halogens is 2. The lowest BCUT2D eigenvalue weighted by molar-refractivity contribution is 0.102. The highest BCUT2D eigenvalue weighted by atomic mass is 32.2. The quantitative estimate of drug-likeness (QED) is 0.233. The van der Waals surface area contributed by atoms with Crippen molar-refractivity contribution in [3.63, 3.8) is 0 Å². The standard InChI is InChI=1S/C31H35F2N5O6S/c1-18(17-43-5)34-27-12-20(11-19(2)37(3)4)7-9-25(27)30(39)35-29-26-16-23(8-10-28(26)38(36-29)31(40)44-6)45(41,42)24-14-21(32)13-22(33)15-24/h7-10,12-16,18-19,34H,11,17H2,1-6H3,(H,35,36,39)/t18-,19?/m1/s1. The third-order valence-corrected chi connectivity index (χ3v) is 8.98. The van der Waals surface area contributed by atoms with Crippen molar-refractivity contribution >= 4 is 44.2 Å². The van der Waals surface area contributed by atoms with Crippen molar-refractivity contribution in [1.82, 2.24) is 14.7 Å². The number of hydrogen-bond donors (Lipinski definition) is 2. The van der Waals surface area contributed by atoms with Crippen molar-refractivity contribution in [3.8, 4) is 0 Å². The molecule has 45 heavy (non-hydrogen) atoms. The van der Waals surface area contributed by atoms with Gasteiger partial charge in [-0.3, -0.25) is 4.79 Å². The van der Waals surface area contributed by atoms with Gasteiger partial charge in [-0.2, -0.15) is 4.68 Å². The van der Waals surface area contributed by atoms with Gasteiger partial charge in [-0.15, -0.1) is 5.10 Å². The summed E-state index contributed by atoms with van der Waals surface area (Å²) in [5, 5.41) is 10.3. The normalized spacial score (nSPS) is 13.1. The monoisotopic (exact) mass is 643 g/mol. The number of rotatable bonds is 11. The summed E-state index contributed by atoms with van der Waals surface area (Å²) in [7, 11) is 2.27. The van der Waals surface area contributed by atoms with Crippen LogP contribution in [0.2, 0.25) is 0 Å². The number of amides is 1. The van der Waals surface area contributed by atoms with E-state index in [-0.39, 0.29) is 39.3 Å². The van der Waals surface area contributed by atoms with Gasteiger partial charge in [-0.1, -0.05) is 6.07 Å². The highest BCUT2D eigenvalue weighted by molar-refractivity contribution is 7.91. The van der Waals surface area contributed by atoms with Gasteiger partial charge in [0.15, 0.2) is 5.82 Å². The van der Waals surface area contributed by atoms with E-state index >= 15 is 0 Å². The molecule has 1 heterocycles. The number of sulfone groups is 1. The number of fused-ring (bicyclic) bond motifs is 1. The van der Waals surface area contributed by atoms with Crippen molar-refractivity contribution in [1.29, 1.82) is 0 Å². The number of nitrogens with one attached hydrogen (secondary N) is 2. The molecule has 3 aromatic carbocycles. The molecule has 0 radical (unpaired) electrons. The number of carbonyl (C=O) groups is 2. The first-order chi connectivity index (χ1) is 21.2. The number of hydrogen-bond acceptors (Lipinski definition) is 9. The van der Waals surface area contributed by atoms with E-state index in [1.165, 1.54) is 18.2 Å². The summed E-state index contributed by atoms with van der Waals surface area (Å²) >= 11 is 0. The molecule has 0 aliphatic carbocycles. The predicted molar refractivity (Wildman–Crippen MR) is 166 cm³/mol. The lowest BCUT2D eigenvalue weighted by atomic mass is 10.0. The van der Waals surface area contributed by atoms with E-state index in [0.29, 0.717) is 30.5 Å². The maximum absolute atomic E-state index is 13.9. The lowest BCUT2D eigenvalue weighted by Crippen LogP contribution is -2.27. The highest BCUT2D eigenvalue weighted by Gasteiger charge is 2.25. The number of ether oxygens (including phenoxy) is 2. The van der Waals surface area contributed by atoms with Crippen LogP contribution in [0.4, 0.5) is 25.1 Å². The second-order valence-electron chi connectivity index (χ2n) is 10.9. The van der Waals surface area contributed by atoms with Crippen molar-refractivity contribution in [2.24, 2.45) is 0 Å². The van der Waals surface area contributed by atoms with Crippen LogP contribution in [-0.4, -0.2) is 82.1 Å². The van der Waals surface area contributed by atoms with Gasteiger partial charge in [0.2, 0.25) is 9.84 Å². The number of methoxy groups -OCH3 is 2. The molecule has 240 valence electrons. The molecule has 0 saturated carbocycles. The molecule has 2 atom stereocenters. The third kappa shape index (κ3) is 7.47. The maximum atomic E-state index is 13.9. The SMILES string of the molecule is COC[C@@H](C)Nc1cc(CC(C)N(C)C)ccc1C(=O)Nc1nn(C(=O)OC)c2ccc(S(=O)(=O)c3cc(F)cc(F)c3)cc12. The summed E-state index contributed by atoms with van der Waals surface area (Å²) < 4.78 is 65.3. The molecule has 1 amide bonds. The molecule has 0 fully saturated rings. The van der Waals surface area contributed by atoms with Gasteiger partial charge < -0.3 is 25.0 Å². The van der Waals surface area contributed by atoms with Crippen molar-refractivity contribution < 1.29 is 36.3 Å². The number of nitrogens with zero attached hydrogens (tertiary/aromatic N) is 3. The number of carbonyl (C=O) groups excluding carboxylic acids is 2. The fraction of sp³-hybridized carbons (Fsp3) is 0.323. The Bertz CT molecular complexity index is 1820. The Labute approximate surface area is 260 Å². The molecule has 1 aromatic heterocycles. The highest BCUT2D eigenvalue weighted by Crippen LogP contribution is 2.31. The molecular weight excluding hydrogens is 608 g/mol. The molecule has 4 rings (SSSR count). The van der Waals surface area contributed by atoms with E-state index in [4.69, 9.17) is 9.47 Å². The molecule has 2 N–H and O–H groups in total. The topological polar surface area (TPSA) is 132 Å². The van der Waals surface area contributed by atoms with Crippen LogP contribution in [0.3, 0.4) is 0 Å². The van der Waals surface area contributed by atoms with Gasteiger partial charge in [-0.25, -0.2) is 22.0 Å².